The Balaban J connectivity index is 2.51. The summed E-state index contributed by atoms with van der Waals surface area (Å²) in [5, 5.41) is 2.47. The minimum atomic E-state index is -0.207. The maximum atomic E-state index is 5.91. The van der Waals surface area contributed by atoms with Crippen molar-refractivity contribution in [1.82, 2.24) is 0 Å². The summed E-state index contributed by atoms with van der Waals surface area (Å²) in [6.45, 7) is 4.12. The maximum absolute atomic E-state index is 5.91. The highest BCUT2D eigenvalue weighted by atomic mass is 79.9. The molecule has 1 atom stereocenters. The van der Waals surface area contributed by atoms with E-state index in [1.165, 1.54) is 0 Å². The van der Waals surface area contributed by atoms with Gasteiger partial charge < -0.3 is 4.74 Å². The van der Waals surface area contributed by atoms with Gasteiger partial charge in [0, 0.05) is 16.5 Å². The highest BCUT2D eigenvalue weighted by Crippen LogP contribution is 2.42. The highest BCUT2D eigenvalue weighted by Gasteiger charge is 2.33. The van der Waals surface area contributed by atoms with Gasteiger partial charge in [0.1, 0.15) is 11.4 Å². The Morgan fingerprint density at radius 2 is 2.31 bits per heavy atom. The van der Waals surface area contributed by atoms with Crippen LogP contribution in [0, 0.1) is 0 Å². The SMILES string of the molecule is CC1(C)CC(N=C=S)c2cc(Br)ccc2O1. The number of rotatable bonds is 1. The predicted octanol–water partition coefficient (Wildman–Crippen LogP) is 4.15. The summed E-state index contributed by atoms with van der Waals surface area (Å²) < 4.78 is 6.94. The van der Waals surface area contributed by atoms with Gasteiger partial charge in [0.25, 0.3) is 0 Å². The average molecular weight is 298 g/mol. The molecule has 1 aromatic rings. The third-order valence-corrected chi connectivity index (χ3v) is 3.21. The third kappa shape index (κ3) is 2.34. The van der Waals surface area contributed by atoms with E-state index in [1.54, 1.807) is 0 Å². The van der Waals surface area contributed by atoms with Gasteiger partial charge >= 0.3 is 0 Å². The van der Waals surface area contributed by atoms with Crippen LogP contribution in [0.2, 0.25) is 0 Å². The molecular weight excluding hydrogens is 286 g/mol. The van der Waals surface area contributed by atoms with E-state index in [2.05, 4.69) is 39.9 Å². The molecular formula is C12H12BrNOS. The second kappa shape index (κ2) is 4.28. The summed E-state index contributed by atoms with van der Waals surface area (Å²) in [5.74, 6) is 0.887. The first-order valence-corrected chi connectivity index (χ1v) is 6.27. The molecule has 2 rings (SSSR count). The van der Waals surface area contributed by atoms with Gasteiger partial charge in [-0.25, -0.2) is 4.99 Å². The molecule has 0 spiro atoms. The number of hydrogen-bond acceptors (Lipinski definition) is 3. The van der Waals surface area contributed by atoms with Crippen LogP contribution in [0.25, 0.3) is 0 Å². The molecule has 0 bridgehead atoms. The minimum absolute atomic E-state index is 0.0498. The number of aliphatic imine (C=N–C) groups is 1. The van der Waals surface area contributed by atoms with Crippen LogP contribution >= 0.6 is 28.1 Å². The summed E-state index contributed by atoms with van der Waals surface area (Å²) in [6, 6.07) is 6.02. The van der Waals surface area contributed by atoms with Gasteiger partial charge in [-0.15, -0.1) is 0 Å². The molecule has 4 heteroatoms. The largest absolute Gasteiger partial charge is 0.487 e. The van der Waals surface area contributed by atoms with Gasteiger partial charge in [0.05, 0.1) is 11.2 Å². The molecule has 84 valence electrons. The molecule has 1 aliphatic rings. The summed E-state index contributed by atoms with van der Waals surface area (Å²) in [4.78, 5) is 4.23. The zero-order chi connectivity index (χ0) is 11.8. The summed E-state index contributed by atoms with van der Waals surface area (Å²) >= 11 is 8.15. The van der Waals surface area contributed by atoms with Crippen molar-refractivity contribution in [2.75, 3.05) is 0 Å². The molecule has 0 saturated heterocycles. The first-order valence-electron chi connectivity index (χ1n) is 5.07. The second-order valence-corrected chi connectivity index (χ2v) is 5.58. The van der Waals surface area contributed by atoms with E-state index in [0.29, 0.717) is 0 Å². The molecule has 0 N–H and O–H groups in total. The fourth-order valence-corrected chi connectivity index (χ4v) is 2.47. The van der Waals surface area contributed by atoms with Gasteiger partial charge in [-0.1, -0.05) is 15.9 Å². The van der Waals surface area contributed by atoms with E-state index >= 15 is 0 Å². The number of fused-ring (bicyclic) bond motifs is 1. The topological polar surface area (TPSA) is 21.6 Å². The molecule has 16 heavy (non-hydrogen) atoms. The van der Waals surface area contributed by atoms with E-state index in [9.17, 15) is 0 Å². The zero-order valence-corrected chi connectivity index (χ0v) is 11.6. The lowest BCUT2D eigenvalue weighted by Gasteiger charge is -2.35. The number of ether oxygens (including phenoxy) is 1. The standard InChI is InChI=1S/C12H12BrNOS/c1-12(2)6-10(14-7-16)9-5-8(13)3-4-11(9)15-12/h3-5,10H,6H2,1-2H3. The van der Waals surface area contributed by atoms with E-state index in [0.717, 1.165) is 22.2 Å². The van der Waals surface area contributed by atoms with E-state index in [-0.39, 0.29) is 11.6 Å². The van der Waals surface area contributed by atoms with Crippen molar-refractivity contribution < 1.29 is 4.74 Å². The summed E-state index contributed by atoms with van der Waals surface area (Å²) in [7, 11) is 0. The summed E-state index contributed by atoms with van der Waals surface area (Å²) in [5.41, 5.74) is 0.868. The molecule has 0 aliphatic carbocycles. The van der Waals surface area contributed by atoms with Crippen LogP contribution in [0.4, 0.5) is 0 Å². The van der Waals surface area contributed by atoms with Gasteiger partial charge in [-0.2, -0.15) is 0 Å². The fraction of sp³-hybridized carbons (Fsp3) is 0.417. The van der Waals surface area contributed by atoms with Gasteiger partial charge in [-0.05, 0) is 44.3 Å². The highest BCUT2D eigenvalue weighted by molar-refractivity contribution is 9.10. The maximum Gasteiger partial charge on any atom is 0.125 e. The quantitative estimate of drug-likeness (QED) is 0.573. The molecule has 0 radical (unpaired) electrons. The third-order valence-electron chi connectivity index (χ3n) is 2.61. The van der Waals surface area contributed by atoms with Crippen LogP contribution in [0.3, 0.4) is 0 Å². The first kappa shape index (κ1) is 11.8. The number of benzene rings is 1. The Labute approximate surface area is 109 Å². The fourth-order valence-electron chi connectivity index (χ4n) is 1.97. The van der Waals surface area contributed by atoms with Crippen molar-refractivity contribution >= 4 is 33.3 Å². The van der Waals surface area contributed by atoms with Crippen LogP contribution in [0.5, 0.6) is 5.75 Å². The molecule has 0 aromatic heterocycles. The van der Waals surface area contributed by atoms with Gasteiger partial charge in [-0.3, -0.25) is 0 Å². The Morgan fingerprint density at radius 1 is 1.56 bits per heavy atom. The van der Waals surface area contributed by atoms with Crippen LogP contribution in [-0.4, -0.2) is 10.8 Å². The number of thiocarbonyl (C=S) groups is 1. The number of nitrogens with zero attached hydrogens (tertiary/aromatic N) is 1. The smallest absolute Gasteiger partial charge is 0.125 e. The number of hydrogen-bond donors (Lipinski definition) is 0. The molecule has 0 fully saturated rings. The molecule has 2 nitrogen and oxygen atoms in total. The minimum Gasteiger partial charge on any atom is -0.487 e. The van der Waals surface area contributed by atoms with Crippen molar-refractivity contribution in [3.05, 3.63) is 28.2 Å². The monoisotopic (exact) mass is 297 g/mol. The van der Waals surface area contributed by atoms with Crippen molar-refractivity contribution in [3.8, 4) is 5.75 Å². The number of isothiocyanates is 1. The first-order chi connectivity index (χ1) is 7.52. The Bertz CT molecular complexity index is 466. The molecule has 1 aromatic carbocycles. The van der Waals surface area contributed by atoms with Crippen LogP contribution in [0.1, 0.15) is 31.9 Å². The predicted molar refractivity (Wildman–Crippen MR) is 71.2 cm³/mol. The lowest BCUT2D eigenvalue weighted by Crippen LogP contribution is -2.34. The second-order valence-electron chi connectivity index (χ2n) is 4.48. The van der Waals surface area contributed by atoms with Gasteiger partial charge in [0.15, 0.2) is 0 Å². The van der Waals surface area contributed by atoms with Crippen LogP contribution in [0.15, 0.2) is 27.7 Å². The lowest BCUT2D eigenvalue weighted by atomic mass is 9.90. The summed E-state index contributed by atoms with van der Waals surface area (Å²) in [6.07, 6.45) is 0.820. The van der Waals surface area contributed by atoms with Crippen molar-refractivity contribution in [3.63, 3.8) is 0 Å². The number of halogens is 1. The van der Waals surface area contributed by atoms with E-state index < -0.39 is 0 Å². The van der Waals surface area contributed by atoms with Crippen LogP contribution in [-0.2, 0) is 0 Å². The molecule has 1 aliphatic heterocycles. The molecule has 0 amide bonds. The van der Waals surface area contributed by atoms with Crippen molar-refractivity contribution in [1.29, 1.82) is 0 Å². The Morgan fingerprint density at radius 3 is 3.00 bits per heavy atom. The normalized spacial score (nSPS) is 21.6. The lowest BCUT2D eigenvalue weighted by molar-refractivity contribution is 0.0733. The molecule has 1 unspecified atom stereocenters. The average Bonchev–Trinajstić information content (AvgIpc) is 2.18. The molecule has 0 saturated carbocycles. The zero-order valence-electron chi connectivity index (χ0n) is 9.16. The van der Waals surface area contributed by atoms with E-state index in [1.807, 2.05) is 18.2 Å². The van der Waals surface area contributed by atoms with Gasteiger partial charge in [0.2, 0.25) is 0 Å². The van der Waals surface area contributed by atoms with Crippen LogP contribution < -0.4 is 4.74 Å². The van der Waals surface area contributed by atoms with Crippen molar-refractivity contribution in [2.24, 2.45) is 4.99 Å². The van der Waals surface area contributed by atoms with Crippen molar-refractivity contribution in [2.45, 2.75) is 31.9 Å². The Kier molecular flexibility index (Phi) is 3.15. The van der Waals surface area contributed by atoms with E-state index in [4.69, 9.17) is 17.0 Å². The Hall–Kier alpha value is -0.700. The molecule has 1 heterocycles.